The molecule has 4 rings (SSSR count). The van der Waals surface area contributed by atoms with Gasteiger partial charge in [0.05, 0.1) is 41.5 Å². The number of nitrogens with one attached hydrogen (secondary N) is 3. The average molecular weight is 366 g/mol. The lowest BCUT2D eigenvalue weighted by molar-refractivity contribution is -0.117. The predicted molar refractivity (Wildman–Crippen MR) is 105 cm³/mol. The average Bonchev–Trinajstić information content (AvgIpc) is 3.07. The number of nitrogens with zero attached hydrogens (tertiary/aromatic N) is 1. The van der Waals surface area contributed by atoms with E-state index in [1.54, 1.807) is 0 Å². The Kier molecular flexibility index (Phi) is 4.68. The fourth-order valence-corrected chi connectivity index (χ4v) is 3.37. The third-order valence-corrected chi connectivity index (χ3v) is 4.93. The predicted octanol–water partition coefficient (Wildman–Crippen LogP) is 2.44. The molecule has 1 atom stereocenters. The number of anilines is 2. The van der Waals surface area contributed by atoms with Crippen LogP contribution in [0.5, 0.6) is 0 Å². The van der Waals surface area contributed by atoms with Crippen LogP contribution in [0.3, 0.4) is 0 Å². The van der Waals surface area contributed by atoms with Gasteiger partial charge in [-0.2, -0.15) is 0 Å². The topological polar surface area (TPSA) is 90.2 Å². The minimum absolute atomic E-state index is 0.0899. The third kappa shape index (κ3) is 3.59. The molecule has 7 nitrogen and oxygen atoms in total. The largest absolute Gasteiger partial charge is 0.378 e. The maximum Gasteiger partial charge on any atom is 0.323 e. The van der Waals surface area contributed by atoms with Crippen LogP contribution in [0.1, 0.15) is 18.4 Å². The van der Waals surface area contributed by atoms with Crippen LogP contribution in [-0.2, 0) is 9.53 Å². The van der Waals surface area contributed by atoms with E-state index in [2.05, 4.69) is 20.2 Å². The molecule has 0 spiro atoms. The molecule has 1 aliphatic rings. The molecular formula is C20H22N4O3. The zero-order chi connectivity index (χ0) is 18.8. The van der Waals surface area contributed by atoms with E-state index in [1.165, 1.54) is 0 Å². The van der Waals surface area contributed by atoms with Gasteiger partial charge in [-0.25, -0.2) is 4.79 Å². The van der Waals surface area contributed by atoms with E-state index in [0.29, 0.717) is 24.4 Å². The molecule has 3 N–H and O–H groups in total. The van der Waals surface area contributed by atoms with Gasteiger partial charge in [-0.1, -0.05) is 30.3 Å². The number of ether oxygens (including phenoxy) is 1. The van der Waals surface area contributed by atoms with E-state index in [1.807, 2.05) is 49.4 Å². The highest BCUT2D eigenvalue weighted by molar-refractivity contribution is 6.01. The molecule has 140 valence electrons. The number of amides is 1. The first kappa shape index (κ1) is 17.4. The molecule has 0 radical (unpaired) electrons. The quantitative estimate of drug-likeness (QED) is 0.661. The molecule has 1 saturated heterocycles. The van der Waals surface area contributed by atoms with Gasteiger partial charge >= 0.3 is 5.69 Å². The van der Waals surface area contributed by atoms with E-state index in [4.69, 9.17) is 4.74 Å². The SMILES string of the molecule is C[C@@H](C(=O)Nc1cc2[nH]c(=O)[nH]c2cc1N1CCOCC1)c1ccccc1. The van der Waals surface area contributed by atoms with Gasteiger partial charge in [0.1, 0.15) is 0 Å². The molecule has 2 heterocycles. The number of rotatable bonds is 4. The van der Waals surface area contributed by atoms with E-state index < -0.39 is 0 Å². The number of imidazole rings is 1. The summed E-state index contributed by atoms with van der Waals surface area (Å²) in [5.74, 6) is -0.377. The van der Waals surface area contributed by atoms with Gasteiger partial charge in [0.2, 0.25) is 5.91 Å². The van der Waals surface area contributed by atoms with E-state index in [-0.39, 0.29) is 17.5 Å². The Morgan fingerprint density at radius 3 is 2.48 bits per heavy atom. The molecule has 0 saturated carbocycles. The van der Waals surface area contributed by atoms with Crippen molar-refractivity contribution >= 4 is 28.3 Å². The van der Waals surface area contributed by atoms with Crippen LogP contribution >= 0.6 is 0 Å². The van der Waals surface area contributed by atoms with Gasteiger partial charge in [0, 0.05) is 13.1 Å². The van der Waals surface area contributed by atoms with Crippen molar-refractivity contribution in [3.05, 3.63) is 58.5 Å². The van der Waals surface area contributed by atoms with Gasteiger partial charge in [-0.05, 0) is 24.6 Å². The Morgan fingerprint density at radius 2 is 1.78 bits per heavy atom. The van der Waals surface area contributed by atoms with E-state index in [9.17, 15) is 9.59 Å². The molecular weight excluding hydrogens is 344 g/mol. The minimum Gasteiger partial charge on any atom is -0.378 e. The summed E-state index contributed by atoms with van der Waals surface area (Å²) in [6.07, 6.45) is 0. The Labute approximate surface area is 156 Å². The zero-order valence-electron chi connectivity index (χ0n) is 15.1. The summed E-state index contributed by atoms with van der Waals surface area (Å²) in [6.45, 7) is 4.62. The van der Waals surface area contributed by atoms with Crippen molar-refractivity contribution < 1.29 is 9.53 Å². The molecule has 0 bridgehead atoms. The first-order chi connectivity index (χ1) is 13.1. The maximum atomic E-state index is 12.9. The smallest absolute Gasteiger partial charge is 0.323 e. The third-order valence-electron chi connectivity index (χ3n) is 4.93. The number of carbonyl (C=O) groups is 1. The van der Waals surface area contributed by atoms with Gasteiger partial charge in [0.15, 0.2) is 0 Å². The molecule has 7 heteroatoms. The fraction of sp³-hybridized carbons (Fsp3) is 0.300. The highest BCUT2D eigenvalue weighted by Crippen LogP contribution is 2.31. The number of carbonyl (C=O) groups excluding carboxylic acids is 1. The molecule has 0 aliphatic carbocycles. The monoisotopic (exact) mass is 366 g/mol. The van der Waals surface area contributed by atoms with Crippen molar-refractivity contribution in [1.29, 1.82) is 0 Å². The maximum absolute atomic E-state index is 12.9. The summed E-state index contributed by atoms with van der Waals surface area (Å²) < 4.78 is 5.44. The van der Waals surface area contributed by atoms with Gasteiger partial charge < -0.3 is 24.9 Å². The number of morpholine rings is 1. The number of hydrogen-bond acceptors (Lipinski definition) is 4. The van der Waals surface area contributed by atoms with Crippen molar-refractivity contribution in [1.82, 2.24) is 9.97 Å². The number of aromatic nitrogens is 2. The highest BCUT2D eigenvalue weighted by Gasteiger charge is 2.21. The fourth-order valence-electron chi connectivity index (χ4n) is 3.37. The van der Waals surface area contributed by atoms with Gasteiger partial charge in [0.25, 0.3) is 0 Å². The van der Waals surface area contributed by atoms with Gasteiger partial charge in [-0.15, -0.1) is 0 Å². The second kappa shape index (κ2) is 7.28. The van der Waals surface area contributed by atoms with Crippen molar-refractivity contribution in [3.63, 3.8) is 0 Å². The summed E-state index contributed by atoms with van der Waals surface area (Å²) in [7, 11) is 0. The lowest BCUT2D eigenvalue weighted by atomic mass is 10.0. The zero-order valence-corrected chi connectivity index (χ0v) is 15.1. The Hall–Kier alpha value is -3.06. The van der Waals surface area contributed by atoms with E-state index >= 15 is 0 Å². The van der Waals surface area contributed by atoms with E-state index in [0.717, 1.165) is 29.9 Å². The normalized spacial score (nSPS) is 15.7. The summed E-state index contributed by atoms with van der Waals surface area (Å²) in [6, 6.07) is 13.4. The molecule has 1 fully saturated rings. The van der Waals surface area contributed by atoms with Crippen LogP contribution in [0.4, 0.5) is 11.4 Å². The summed E-state index contributed by atoms with van der Waals surface area (Å²) in [5, 5.41) is 3.05. The Balaban J connectivity index is 1.68. The summed E-state index contributed by atoms with van der Waals surface area (Å²) in [5.41, 5.74) is 3.65. The molecule has 1 amide bonds. The molecule has 2 aromatic carbocycles. The van der Waals surface area contributed by atoms with Crippen LogP contribution < -0.4 is 15.9 Å². The van der Waals surface area contributed by atoms with Crippen molar-refractivity contribution in [2.45, 2.75) is 12.8 Å². The van der Waals surface area contributed by atoms with Crippen LogP contribution in [0.15, 0.2) is 47.3 Å². The van der Waals surface area contributed by atoms with Crippen LogP contribution in [0.25, 0.3) is 11.0 Å². The van der Waals surface area contributed by atoms with Crippen LogP contribution in [0, 0.1) is 0 Å². The second-order valence-electron chi connectivity index (χ2n) is 6.72. The highest BCUT2D eigenvalue weighted by atomic mass is 16.5. The summed E-state index contributed by atoms with van der Waals surface area (Å²) in [4.78, 5) is 32.2. The molecule has 27 heavy (non-hydrogen) atoms. The number of fused-ring (bicyclic) bond motifs is 1. The molecule has 1 aromatic heterocycles. The van der Waals surface area contributed by atoms with Crippen LogP contribution in [0.2, 0.25) is 0 Å². The number of hydrogen-bond donors (Lipinski definition) is 3. The second-order valence-corrected chi connectivity index (χ2v) is 6.72. The van der Waals surface area contributed by atoms with Crippen molar-refractivity contribution in [3.8, 4) is 0 Å². The number of benzene rings is 2. The lowest BCUT2D eigenvalue weighted by Gasteiger charge is -2.30. The minimum atomic E-state index is -0.287. The Morgan fingerprint density at radius 1 is 1.11 bits per heavy atom. The van der Waals surface area contributed by atoms with Gasteiger partial charge in [-0.3, -0.25) is 4.79 Å². The summed E-state index contributed by atoms with van der Waals surface area (Å²) >= 11 is 0. The molecule has 0 unspecified atom stereocenters. The first-order valence-corrected chi connectivity index (χ1v) is 9.06. The number of H-pyrrole nitrogens is 2. The Bertz CT molecular complexity index is 1000. The number of aromatic amines is 2. The lowest BCUT2D eigenvalue weighted by Crippen LogP contribution is -2.37. The molecule has 3 aromatic rings. The van der Waals surface area contributed by atoms with Crippen molar-refractivity contribution in [2.75, 3.05) is 36.5 Å². The van der Waals surface area contributed by atoms with Crippen LogP contribution in [-0.4, -0.2) is 42.2 Å². The first-order valence-electron chi connectivity index (χ1n) is 9.06. The van der Waals surface area contributed by atoms with Crippen molar-refractivity contribution in [2.24, 2.45) is 0 Å². The standard InChI is InChI=1S/C20H22N4O3/c1-13(14-5-3-2-4-6-14)19(25)21-17-11-15-16(23-20(26)22-15)12-18(17)24-7-9-27-10-8-24/h2-6,11-13H,7-10H2,1H3,(H,21,25)(H2,22,23,26)/t13-/m1/s1. The molecule has 1 aliphatic heterocycles.